The summed E-state index contributed by atoms with van der Waals surface area (Å²) in [6.45, 7) is 9.52. The van der Waals surface area contributed by atoms with Gasteiger partial charge in [-0.15, -0.1) is 0 Å². The van der Waals surface area contributed by atoms with Crippen LogP contribution in [-0.4, -0.2) is 5.91 Å². The predicted octanol–water partition coefficient (Wildman–Crippen LogP) is 5.00. The molecule has 1 unspecified atom stereocenters. The maximum Gasteiger partial charge on any atom is 0.228 e. The maximum absolute atomic E-state index is 14.1. The first-order chi connectivity index (χ1) is 14.4. The molecule has 3 nitrogen and oxygen atoms in total. The molecule has 0 radical (unpaired) electrons. The molecule has 158 valence electrons. The molecule has 0 bridgehead atoms. The maximum atomic E-state index is 14.1. The lowest BCUT2D eigenvalue weighted by atomic mass is 9.95. The predicted molar refractivity (Wildman–Crippen MR) is 122 cm³/mol. The molecule has 1 atom stereocenters. The number of halogens is 2. The van der Waals surface area contributed by atoms with Crippen molar-refractivity contribution in [3.8, 4) is 0 Å². The standard InChI is InChI=1S/C23H22ClFN2O.C2H6/c1-15(24)13-19(14-17-7-4-3-5-8-17)23(28)27-21-12-11-18-9-6-10-20(25)22(18)26-16(21)2;1-2/h3-11,19H,1,12-14H2,2H3,(H,27,28);1-2H3. The molecule has 0 fully saturated rings. The Labute approximate surface area is 182 Å². The number of fused-ring (bicyclic) bond motifs is 1. The first-order valence-corrected chi connectivity index (χ1v) is 10.5. The van der Waals surface area contributed by atoms with Crippen molar-refractivity contribution in [1.82, 2.24) is 5.32 Å². The Morgan fingerprint density at radius 1 is 1.20 bits per heavy atom. The Hall–Kier alpha value is -2.72. The van der Waals surface area contributed by atoms with Gasteiger partial charge in [0.25, 0.3) is 0 Å². The quantitative estimate of drug-likeness (QED) is 0.693. The minimum atomic E-state index is -0.374. The van der Waals surface area contributed by atoms with E-state index in [0.717, 1.165) is 10.8 Å². The van der Waals surface area contributed by atoms with Gasteiger partial charge in [-0.1, -0.05) is 80.6 Å². The number of hydrogen-bond donors (Lipinski definition) is 1. The number of carbonyl (C=O) groups is 1. The van der Waals surface area contributed by atoms with Crippen molar-refractivity contribution >= 4 is 23.6 Å². The molecule has 5 heteroatoms. The van der Waals surface area contributed by atoms with Crippen LogP contribution >= 0.6 is 11.6 Å². The van der Waals surface area contributed by atoms with E-state index in [2.05, 4.69) is 16.9 Å². The molecule has 1 amide bonds. The number of para-hydroxylation sites is 1. The van der Waals surface area contributed by atoms with Crippen molar-refractivity contribution < 1.29 is 9.18 Å². The van der Waals surface area contributed by atoms with E-state index in [9.17, 15) is 9.18 Å². The third-order valence-corrected chi connectivity index (χ3v) is 4.85. The number of benzene rings is 2. The van der Waals surface area contributed by atoms with Crippen molar-refractivity contribution in [3.63, 3.8) is 0 Å². The highest BCUT2D eigenvalue weighted by atomic mass is 35.5. The molecule has 0 aromatic heterocycles. The molecule has 0 saturated heterocycles. The highest BCUT2D eigenvalue weighted by Gasteiger charge is 2.21. The van der Waals surface area contributed by atoms with Gasteiger partial charge in [0.2, 0.25) is 5.91 Å². The van der Waals surface area contributed by atoms with Crippen LogP contribution in [0.4, 0.5) is 4.39 Å². The van der Waals surface area contributed by atoms with Crippen molar-refractivity contribution in [3.05, 3.63) is 93.5 Å². The van der Waals surface area contributed by atoms with E-state index < -0.39 is 0 Å². The Balaban J connectivity index is 0.00000155. The number of carbonyl (C=O) groups excluding carboxylic acids is 1. The largest absolute Gasteiger partial charge is 0.327 e. The smallest absolute Gasteiger partial charge is 0.228 e. The van der Waals surface area contributed by atoms with Crippen LogP contribution < -0.4 is 15.9 Å². The summed E-state index contributed by atoms with van der Waals surface area (Å²) in [6, 6.07) is 14.6. The third kappa shape index (κ3) is 6.39. The lowest BCUT2D eigenvalue weighted by Gasteiger charge is -2.18. The Morgan fingerprint density at radius 3 is 2.57 bits per heavy atom. The van der Waals surface area contributed by atoms with E-state index in [0.29, 0.717) is 41.0 Å². The van der Waals surface area contributed by atoms with Gasteiger partial charge < -0.3 is 5.32 Å². The molecule has 0 aliphatic carbocycles. The Morgan fingerprint density at radius 2 is 1.90 bits per heavy atom. The summed E-state index contributed by atoms with van der Waals surface area (Å²) in [6.07, 6.45) is 3.28. The Bertz CT molecular complexity index is 1040. The van der Waals surface area contributed by atoms with Gasteiger partial charge in [0, 0.05) is 23.1 Å². The van der Waals surface area contributed by atoms with Crippen molar-refractivity contribution in [1.29, 1.82) is 0 Å². The van der Waals surface area contributed by atoms with Gasteiger partial charge in [0.05, 0.1) is 5.70 Å². The van der Waals surface area contributed by atoms with Crippen LogP contribution in [-0.2, 0) is 11.2 Å². The van der Waals surface area contributed by atoms with Gasteiger partial charge >= 0.3 is 0 Å². The fourth-order valence-electron chi connectivity index (χ4n) is 3.23. The summed E-state index contributed by atoms with van der Waals surface area (Å²) in [7, 11) is 0. The number of allylic oxidation sites excluding steroid dienone is 3. The summed E-state index contributed by atoms with van der Waals surface area (Å²) in [4.78, 5) is 17.4. The molecule has 0 saturated carbocycles. The van der Waals surface area contributed by atoms with E-state index >= 15 is 0 Å². The third-order valence-electron chi connectivity index (χ3n) is 4.70. The van der Waals surface area contributed by atoms with Crippen molar-refractivity contribution in [2.75, 3.05) is 0 Å². The number of rotatable bonds is 6. The molecule has 0 spiro atoms. The minimum absolute atomic E-state index is 0.143. The van der Waals surface area contributed by atoms with Gasteiger partial charge in [0.1, 0.15) is 11.2 Å². The molecule has 30 heavy (non-hydrogen) atoms. The lowest BCUT2D eigenvalue weighted by Crippen LogP contribution is -2.32. The highest BCUT2D eigenvalue weighted by molar-refractivity contribution is 6.29. The summed E-state index contributed by atoms with van der Waals surface area (Å²) in [5.41, 5.74) is 2.31. The van der Waals surface area contributed by atoms with E-state index in [-0.39, 0.29) is 17.6 Å². The zero-order valence-corrected chi connectivity index (χ0v) is 18.5. The van der Waals surface area contributed by atoms with Gasteiger partial charge in [-0.05, 0) is 36.6 Å². The second-order valence-corrected chi connectivity index (χ2v) is 7.39. The second-order valence-electron chi connectivity index (χ2n) is 6.86. The Kier molecular flexibility index (Phi) is 9.00. The van der Waals surface area contributed by atoms with Gasteiger partial charge in [-0.2, -0.15) is 0 Å². The second kappa shape index (κ2) is 11.5. The first kappa shape index (κ1) is 23.6. The van der Waals surface area contributed by atoms with Crippen molar-refractivity contribution in [2.45, 2.75) is 40.0 Å². The molecule has 2 aromatic carbocycles. The van der Waals surface area contributed by atoms with Crippen LogP contribution in [0.5, 0.6) is 0 Å². The topological polar surface area (TPSA) is 41.5 Å². The van der Waals surface area contributed by atoms with Gasteiger partial charge in [-0.3, -0.25) is 4.79 Å². The number of nitrogens with zero attached hydrogens (tertiary/aromatic N) is 1. The molecular formula is C25H28ClFN2O. The average Bonchev–Trinajstić information content (AvgIpc) is 2.89. The number of amides is 1. The fourth-order valence-corrected chi connectivity index (χ4v) is 3.41. The van der Waals surface area contributed by atoms with Crippen LogP contribution in [0, 0.1) is 11.7 Å². The molecule has 3 rings (SSSR count). The van der Waals surface area contributed by atoms with E-state index in [1.54, 1.807) is 13.0 Å². The summed E-state index contributed by atoms with van der Waals surface area (Å²) >= 11 is 6.01. The summed E-state index contributed by atoms with van der Waals surface area (Å²) in [5.74, 6) is -0.869. The average molecular weight is 427 g/mol. The van der Waals surface area contributed by atoms with Crippen LogP contribution in [0.15, 0.2) is 76.5 Å². The minimum Gasteiger partial charge on any atom is -0.327 e. The molecule has 1 aliphatic rings. The fraction of sp³-hybridized carbons (Fsp3) is 0.280. The van der Waals surface area contributed by atoms with Crippen LogP contribution in [0.3, 0.4) is 0 Å². The van der Waals surface area contributed by atoms with Crippen LogP contribution in [0.2, 0.25) is 0 Å². The summed E-state index contributed by atoms with van der Waals surface area (Å²) in [5, 5.41) is 4.45. The SMILES string of the molecule is C=C(Cl)CC(Cc1ccccc1)C(=O)NC1=C(C)N=c2c(F)cccc2=CC1.CC. The lowest BCUT2D eigenvalue weighted by molar-refractivity contribution is -0.124. The molecule has 2 aromatic rings. The van der Waals surface area contributed by atoms with Gasteiger partial charge in [0.15, 0.2) is 0 Å². The summed E-state index contributed by atoms with van der Waals surface area (Å²) < 4.78 is 14.1. The number of hydrogen-bond acceptors (Lipinski definition) is 2. The highest BCUT2D eigenvalue weighted by Crippen LogP contribution is 2.20. The normalized spacial score (nSPS) is 13.5. The van der Waals surface area contributed by atoms with Crippen LogP contribution in [0.25, 0.3) is 6.08 Å². The van der Waals surface area contributed by atoms with Crippen molar-refractivity contribution in [2.24, 2.45) is 10.9 Å². The molecule has 1 heterocycles. The number of nitrogens with one attached hydrogen (secondary N) is 1. The zero-order valence-electron chi connectivity index (χ0n) is 17.7. The molecule has 1 aliphatic heterocycles. The van der Waals surface area contributed by atoms with Gasteiger partial charge in [-0.25, -0.2) is 9.38 Å². The molecular weight excluding hydrogens is 399 g/mol. The molecule has 1 N–H and O–H groups in total. The van der Waals surface area contributed by atoms with E-state index in [1.807, 2.05) is 56.3 Å². The monoisotopic (exact) mass is 426 g/mol. The van der Waals surface area contributed by atoms with Crippen LogP contribution in [0.1, 0.15) is 39.2 Å². The van der Waals surface area contributed by atoms with E-state index in [4.69, 9.17) is 11.6 Å². The zero-order chi connectivity index (χ0) is 22.1. The first-order valence-electron chi connectivity index (χ1n) is 10.2. The van der Waals surface area contributed by atoms with E-state index in [1.165, 1.54) is 6.07 Å².